The summed E-state index contributed by atoms with van der Waals surface area (Å²) in [6.45, 7) is 0. The van der Waals surface area contributed by atoms with Crippen LogP contribution in [-0.4, -0.2) is 22.4 Å². The Balaban J connectivity index is 1.75. The summed E-state index contributed by atoms with van der Waals surface area (Å²) >= 11 is 0. The van der Waals surface area contributed by atoms with Gasteiger partial charge in [-0.1, -0.05) is 54.6 Å². The lowest BCUT2D eigenvalue weighted by Gasteiger charge is -2.09. The summed E-state index contributed by atoms with van der Waals surface area (Å²) < 4.78 is 5.29. The Kier molecular flexibility index (Phi) is 3.76. The van der Waals surface area contributed by atoms with E-state index >= 15 is 0 Å². The van der Waals surface area contributed by atoms with E-state index < -0.39 is 0 Å². The molecule has 28 heavy (non-hydrogen) atoms. The zero-order valence-electron chi connectivity index (χ0n) is 15.3. The van der Waals surface area contributed by atoms with Crippen LogP contribution < -0.4 is 4.74 Å². The van der Waals surface area contributed by atoms with Crippen molar-refractivity contribution < 1.29 is 9.84 Å². The molecular formula is C24H18N2O2. The van der Waals surface area contributed by atoms with E-state index in [4.69, 9.17) is 4.74 Å². The third-order valence-electron chi connectivity index (χ3n) is 5.10. The second kappa shape index (κ2) is 6.43. The first-order chi connectivity index (χ1) is 13.7. The number of aromatic nitrogens is 2. The number of ether oxygens (including phenoxy) is 1. The predicted octanol–water partition coefficient (Wildman–Crippen LogP) is 5.76. The summed E-state index contributed by atoms with van der Waals surface area (Å²) in [6, 6.07) is 26.2. The molecule has 0 fully saturated rings. The lowest BCUT2D eigenvalue weighted by atomic mass is 9.96. The van der Waals surface area contributed by atoms with Crippen molar-refractivity contribution >= 4 is 21.7 Å². The number of aromatic amines is 1. The van der Waals surface area contributed by atoms with Crippen LogP contribution in [0.4, 0.5) is 0 Å². The summed E-state index contributed by atoms with van der Waals surface area (Å²) in [5.74, 6) is 0.575. The lowest BCUT2D eigenvalue weighted by molar-refractivity contribution is 0.373. The number of nitrogens with one attached hydrogen (secondary N) is 1. The van der Waals surface area contributed by atoms with Crippen LogP contribution >= 0.6 is 0 Å². The Bertz CT molecular complexity index is 1320. The van der Waals surface area contributed by atoms with Gasteiger partial charge in [0.15, 0.2) is 11.5 Å². The van der Waals surface area contributed by atoms with Crippen molar-refractivity contribution in [1.29, 1.82) is 0 Å². The Morgan fingerprint density at radius 2 is 1.64 bits per heavy atom. The molecule has 4 heteroatoms. The summed E-state index contributed by atoms with van der Waals surface area (Å²) in [5.41, 5.74) is 4.93. The monoisotopic (exact) mass is 366 g/mol. The Hall–Kier alpha value is -3.79. The van der Waals surface area contributed by atoms with Gasteiger partial charge < -0.3 is 9.84 Å². The van der Waals surface area contributed by atoms with E-state index in [0.29, 0.717) is 5.75 Å². The summed E-state index contributed by atoms with van der Waals surface area (Å²) in [6.07, 6.45) is 0. The van der Waals surface area contributed by atoms with E-state index in [2.05, 4.69) is 46.6 Å². The van der Waals surface area contributed by atoms with Crippen LogP contribution in [0.3, 0.4) is 0 Å². The number of rotatable bonds is 3. The summed E-state index contributed by atoms with van der Waals surface area (Å²) in [7, 11) is 1.55. The Morgan fingerprint density at radius 3 is 2.50 bits per heavy atom. The number of aromatic hydroxyl groups is 1. The topological polar surface area (TPSA) is 58.1 Å². The van der Waals surface area contributed by atoms with Gasteiger partial charge in [0, 0.05) is 10.9 Å². The van der Waals surface area contributed by atoms with Crippen LogP contribution in [0, 0.1) is 0 Å². The van der Waals surface area contributed by atoms with Crippen molar-refractivity contribution in [3.05, 3.63) is 78.9 Å². The first-order valence-corrected chi connectivity index (χ1v) is 9.08. The number of fused-ring (bicyclic) bond motifs is 2. The molecule has 4 aromatic carbocycles. The quantitative estimate of drug-likeness (QED) is 0.426. The Morgan fingerprint density at radius 1 is 0.821 bits per heavy atom. The molecule has 0 aliphatic rings. The average Bonchev–Trinajstić information content (AvgIpc) is 3.18. The van der Waals surface area contributed by atoms with Crippen molar-refractivity contribution in [2.75, 3.05) is 7.11 Å². The third kappa shape index (κ3) is 2.58. The highest BCUT2D eigenvalue weighted by Gasteiger charge is 2.15. The van der Waals surface area contributed by atoms with Gasteiger partial charge in [0.25, 0.3) is 0 Å². The maximum absolute atomic E-state index is 9.94. The third-order valence-corrected chi connectivity index (χ3v) is 5.10. The first-order valence-electron chi connectivity index (χ1n) is 9.08. The number of nitrogens with zero attached hydrogens (tertiary/aromatic N) is 1. The fraction of sp³-hybridized carbons (Fsp3) is 0.0417. The van der Waals surface area contributed by atoms with Crippen molar-refractivity contribution in [2.24, 2.45) is 0 Å². The number of H-pyrrole nitrogens is 1. The number of hydrogen-bond donors (Lipinski definition) is 2. The standard InChI is InChI=1S/C24H18N2O2/c1-28-22-14-17(11-12-21(22)27)19-7-4-8-20-23(19)24(26-25-20)18-10-9-15-5-2-3-6-16(15)13-18/h2-14,27H,1H3,(H,25,26). The van der Waals surface area contributed by atoms with E-state index in [1.165, 1.54) is 10.8 Å². The second-order valence-corrected chi connectivity index (χ2v) is 6.75. The molecule has 5 aromatic rings. The maximum Gasteiger partial charge on any atom is 0.161 e. The average molecular weight is 366 g/mol. The molecule has 1 aromatic heterocycles. The van der Waals surface area contributed by atoms with Gasteiger partial charge in [-0.05, 0) is 46.2 Å². The minimum atomic E-state index is 0.125. The molecule has 5 rings (SSSR count). The number of methoxy groups -OCH3 is 1. The largest absolute Gasteiger partial charge is 0.504 e. The minimum absolute atomic E-state index is 0.125. The molecule has 0 radical (unpaired) electrons. The molecule has 0 spiro atoms. The normalized spacial score (nSPS) is 11.2. The Labute approximate surface area is 162 Å². The number of hydrogen-bond acceptors (Lipinski definition) is 3. The number of benzene rings is 4. The highest BCUT2D eigenvalue weighted by molar-refractivity contribution is 6.05. The van der Waals surface area contributed by atoms with Crippen LogP contribution in [0.5, 0.6) is 11.5 Å². The van der Waals surface area contributed by atoms with E-state index in [1.54, 1.807) is 13.2 Å². The van der Waals surface area contributed by atoms with E-state index in [-0.39, 0.29) is 5.75 Å². The molecule has 0 aliphatic carbocycles. The highest BCUT2D eigenvalue weighted by atomic mass is 16.5. The van der Waals surface area contributed by atoms with Crippen molar-refractivity contribution in [3.63, 3.8) is 0 Å². The lowest BCUT2D eigenvalue weighted by Crippen LogP contribution is -1.87. The van der Waals surface area contributed by atoms with Gasteiger partial charge in [-0.15, -0.1) is 0 Å². The zero-order valence-corrected chi connectivity index (χ0v) is 15.3. The molecule has 0 aliphatic heterocycles. The molecular weight excluding hydrogens is 348 g/mol. The van der Waals surface area contributed by atoms with Crippen molar-refractivity contribution in [3.8, 4) is 33.9 Å². The maximum atomic E-state index is 9.94. The molecule has 0 bridgehead atoms. The molecule has 1 heterocycles. The van der Waals surface area contributed by atoms with Crippen LogP contribution in [0.25, 0.3) is 44.1 Å². The van der Waals surface area contributed by atoms with E-state index in [0.717, 1.165) is 33.3 Å². The van der Waals surface area contributed by atoms with Gasteiger partial charge in [0.05, 0.1) is 12.6 Å². The first kappa shape index (κ1) is 16.4. The fourth-order valence-electron chi connectivity index (χ4n) is 3.70. The van der Waals surface area contributed by atoms with Crippen LogP contribution in [0.2, 0.25) is 0 Å². The number of phenolic OH excluding ortho intramolecular Hbond substituents is 1. The van der Waals surface area contributed by atoms with Gasteiger partial charge in [-0.3, -0.25) is 5.10 Å². The van der Waals surface area contributed by atoms with Gasteiger partial charge >= 0.3 is 0 Å². The molecule has 0 unspecified atom stereocenters. The minimum Gasteiger partial charge on any atom is -0.504 e. The second-order valence-electron chi connectivity index (χ2n) is 6.75. The molecule has 2 N–H and O–H groups in total. The predicted molar refractivity (Wildman–Crippen MR) is 113 cm³/mol. The molecule has 0 atom stereocenters. The summed E-state index contributed by atoms with van der Waals surface area (Å²) in [4.78, 5) is 0. The van der Waals surface area contributed by atoms with Gasteiger partial charge in [0.2, 0.25) is 0 Å². The SMILES string of the molecule is COc1cc(-c2cccc3[nH]nc(-c4ccc5ccccc5c4)c23)ccc1O. The van der Waals surface area contributed by atoms with Crippen LogP contribution in [-0.2, 0) is 0 Å². The molecule has 4 nitrogen and oxygen atoms in total. The molecule has 0 saturated heterocycles. The van der Waals surface area contributed by atoms with E-state index in [9.17, 15) is 5.11 Å². The van der Waals surface area contributed by atoms with E-state index in [1.807, 2.05) is 36.4 Å². The fourth-order valence-corrected chi connectivity index (χ4v) is 3.70. The van der Waals surface area contributed by atoms with Crippen LogP contribution in [0.15, 0.2) is 78.9 Å². The van der Waals surface area contributed by atoms with Crippen molar-refractivity contribution in [2.45, 2.75) is 0 Å². The van der Waals surface area contributed by atoms with Crippen LogP contribution in [0.1, 0.15) is 0 Å². The molecule has 0 amide bonds. The van der Waals surface area contributed by atoms with Gasteiger partial charge in [-0.25, -0.2) is 0 Å². The smallest absolute Gasteiger partial charge is 0.161 e. The molecule has 136 valence electrons. The zero-order chi connectivity index (χ0) is 19.1. The van der Waals surface area contributed by atoms with Crippen molar-refractivity contribution in [1.82, 2.24) is 10.2 Å². The van der Waals surface area contributed by atoms with Gasteiger partial charge in [0.1, 0.15) is 5.69 Å². The number of phenols is 1. The summed E-state index contributed by atoms with van der Waals surface area (Å²) in [5, 5.41) is 21.1. The van der Waals surface area contributed by atoms with Gasteiger partial charge in [-0.2, -0.15) is 5.10 Å². The highest BCUT2D eigenvalue weighted by Crippen LogP contribution is 2.38. The molecule has 0 saturated carbocycles.